The molecule has 0 aliphatic carbocycles. The van der Waals surface area contributed by atoms with Crippen LogP contribution in [0, 0.1) is 6.92 Å². The molecule has 1 unspecified atom stereocenters. The fourth-order valence-electron chi connectivity index (χ4n) is 1.69. The van der Waals surface area contributed by atoms with Gasteiger partial charge in [-0.05, 0) is 37.2 Å². The quantitative estimate of drug-likeness (QED) is 0.805. The van der Waals surface area contributed by atoms with E-state index in [-0.39, 0.29) is 0 Å². The van der Waals surface area contributed by atoms with Gasteiger partial charge in [-0.1, -0.05) is 6.07 Å². The zero-order chi connectivity index (χ0) is 10.8. The second kappa shape index (κ2) is 4.04. The molecule has 1 aromatic carbocycles. The number of aryl methyl sites for hydroxylation is 1. The molecule has 2 N–H and O–H groups in total. The van der Waals surface area contributed by atoms with E-state index in [0.717, 1.165) is 22.1 Å². The van der Waals surface area contributed by atoms with Crippen LogP contribution in [0.15, 0.2) is 28.9 Å². The number of benzene rings is 1. The van der Waals surface area contributed by atoms with Crippen LogP contribution in [0.2, 0.25) is 0 Å². The second-order valence-electron chi connectivity index (χ2n) is 3.75. The number of aliphatic hydroxyl groups is 1. The van der Waals surface area contributed by atoms with Crippen molar-refractivity contribution in [3.05, 3.63) is 35.6 Å². The molecule has 80 valence electrons. The van der Waals surface area contributed by atoms with Crippen LogP contribution in [-0.4, -0.2) is 18.7 Å². The van der Waals surface area contributed by atoms with Gasteiger partial charge in [0.05, 0.1) is 12.4 Å². The number of fused-ring (bicyclic) bond motifs is 1. The lowest BCUT2D eigenvalue weighted by Gasteiger charge is -2.09. The van der Waals surface area contributed by atoms with Crippen molar-refractivity contribution in [1.82, 2.24) is 5.32 Å². The number of hydrogen-bond acceptors (Lipinski definition) is 3. The maximum atomic E-state index is 9.82. The van der Waals surface area contributed by atoms with E-state index in [1.54, 1.807) is 6.26 Å². The number of nitrogens with one attached hydrogen (secondary N) is 1. The Kier molecular flexibility index (Phi) is 2.75. The van der Waals surface area contributed by atoms with Crippen LogP contribution < -0.4 is 5.32 Å². The SMILES string of the molecule is CNCC(O)c1ccc2occ(C)c2c1. The monoisotopic (exact) mass is 205 g/mol. The van der Waals surface area contributed by atoms with E-state index in [1.165, 1.54) is 0 Å². The third-order valence-electron chi connectivity index (χ3n) is 2.57. The summed E-state index contributed by atoms with van der Waals surface area (Å²) in [5.74, 6) is 0. The van der Waals surface area contributed by atoms with Crippen LogP contribution in [0.4, 0.5) is 0 Å². The van der Waals surface area contributed by atoms with Crippen molar-refractivity contribution in [3.8, 4) is 0 Å². The molecule has 1 heterocycles. The summed E-state index contributed by atoms with van der Waals surface area (Å²) < 4.78 is 5.35. The zero-order valence-corrected chi connectivity index (χ0v) is 8.95. The minimum atomic E-state index is -0.464. The second-order valence-corrected chi connectivity index (χ2v) is 3.75. The lowest BCUT2D eigenvalue weighted by Crippen LogP contribution is -2.16. The van der Waals surface area contributed by atoms with Crippen LogP contribution in [0.5, 0.6) is 0 Å². The molecule has 15 heavy (non-hydrogen) atoms. The normalized spacial score (nSPS) is 13.3. The molecule has 0 saturated carbocycles. The first-order valence-electron chi connectivity index (χ1n) is 5.03. The highest BCUT2D eigenvalue weighted by Crippen LogP contribution is 2.24. The molecule has 2 aromatic rings. The van der Waals surface area contributed by atoms with E-state index in [4.69, 9.17) is 4.42 Å². The first kappa shape index (κ1) is 10.2. The highest BCUT2D eigenvalue weighted by molar-refractivity contribution is 5.81. The van der Waals surface area contributed by atoms with Gasteiger partial charge in [-0.3, -0.25) is 0 Å². The van der Waals surface area contributed by atoms with Crippen LogP contribution in [0.1, 0.15) is 17.2 Å². The van der Waals surface area contributed by atoms with E-state index in [0.29, 0.717) is 6.54 Å². The molecule has 2 rings (SSSR count). The average Bonchev–Trinajstić information content (AvgIpc) is 2.60. The van der Waals surface area contributed by atoms with Crippen LogP contribution >= 0.6 is 0 Å². The number of rotatable bonds is 3. The smallest absolute Gasteiger partial charge is 0.134 e. The van der Waals surface area contributed by atoms with Gasteiger partial charge in [-0.25, -0.2) is 0 Å². The molecule has 1 atom stereocenters. The lowest BCUT2D eigenvalue weighted by molar-refractivity contribution is 0.178. The Hall–Kier alpha value is -1.32. The zero-order valence-electron chi connectivity index (χ0n) is 8.95. The van der Waals surface area contributed by atoms with Crippen molar-refractivity contribution < 1.29 is 9.52 Å². The average molecular weight is 205 g/mol. The van der Waals surface area contributed by atoms with Gasteiger partial charge in [0.1, 0.15) is 5.58 Å². The van der Waals surface area contributed by atoms with Crippen molar-refractivity contribution in [2.24, 2.45) is 0 Å². The Labute approximate surface area is 88.7 Å². The van der Waals surface area contributed by atoms with E-state index < -0.39 is 6.10 Å². The molecular formula is C12H15NO2. The largest absolute Gasteiger partial charge is 0.464 e. The minimum absolute atomic E-state index is 0.464. The standard InChI is InChI=1S/C12H15NO2/c1-8-7-15-12-4-3-9(5-10(8)12)11(14)6-13-2/h3-5,7,11,13-14H,6H2,1-2H3. The molecule has 0 aliphatic heterocycles. The Bertz CT molecular complexity index is 462. The van der Waals surface area contributed by atoms with Crippen molar-refractivity contribution in [2.45, 2.75) is 13.0 Å². The maximum absolute atomic E-state index is 9.82. The molecular weight excluding hydrogens is 190 g/mol. The van der Waals surface area contributed by atoms with E-state index in [9.17, 15) is 5.11 Å². The third-order valence-corrected chi connectivity index (χ3v) is 2.57. The lowest BCUT2D eigenvalue weighted by atomic mass is 10.1. The highest BCUT2D eigenvalue weighted by atomic mass is 16.3. The van der Waals surface area contributed by atoms with Gasteiger partial charge < -0.3 is 14.8 Å². The summed E-state index contributed by atoms with van der Waals surface area (Å²) in [6, 6.07) is 5.78. The molecule has 0 bridgehead atoms. The van der Waals surface area contributed by atoms with Gasteiger partial charge in [0, 0.05) is 11.9 Å². The van der Waals surface area contributed by atoms with E-state index >= 15 is 0 Å². The molecule has 0 fully saturated rings. The predicted octanol–water partition coefficient (Wildman–Crippen LogP) is 1.99. The first-order valence-corrected chi connectivity index (χ1v) is 5.03. The topological polar surface area (TPSA) is 45.4 Å². The van der Waals surface area contributed by atoms with Gasteiger partial charge in [-0.15, -0.1) is 0 Å². The van der Waals surface area contributed by atoms with Gasteiger partial charge in [0.2, 0.25) is 0 Å². The predicted molar refractivity (Wildman–Crippen MR) is 59.8 cm³/mol. The van der Waals surface area contributed by atoms with E-state index in [1.807, 2.05) is 32.2 Å². The van der Waals surface area contributed by atoms with Crippen LogP contribution in [0.3, 0.4) is 0 Å². The summed E-state index contributed by atoms with van der Waals surface area (Å²) in [5.41, 5.74) is 2.89. The Morgan fingerprint density at radius 1 is 1.47 bits per heavy atom. The highest BCUT2D eigenvalue weighted by Gasteiger charge is 2.09. The fraction of sp³-hybridized carbons (Fsp3) is 0.333. The van der Waals surface area contributed by atoms with Crippen molar-refractivity contribution in [1.29, 1.82) is 0 Å². The summed E-state index contributed by atoms with van der Waals surface area (Å²) in [6.07, 6.45) is 1.27. The number of aliphatic hydroxyl groups excluding tert-OH is 1. The molecule has 3 heteroatoms. The molecule has 0 saturated heterocycles. The summed E-state index contributed by atoms with van der Waals surface area (Å²) in [5, 5.41) is 13.8. The first-order chi connectivity index (χ1) is 7.22. The van der Waals surface area contributed by atoms with E-state index in [2.05, 4.69) is 5.32 Å². The maximum Gasteiger partial charge on any atom is 0.134 e. The van der Waals surface area contributed by atoms with Gasteiger partial charge in [0.15, 0.2) is 0 Å². The molecule has 3 nitrogen and oxygen atoms in total. The van der Waals surface area contributed by atoms with Crippen LogP contribution in [-0.2, 0) is 0 Å². The van der Waals surface area contributed by atoms with Crippen molar-refractivity contribution in [2.75, 3.05) is 13.6 Å². The van der Waals surface area contributed by atoms with Gasteiger partial charge in [0.25, 0.3) is 0 Å². The van der Waals surface area contributed by atoms with Crippen molar-refractivity contribution >= 4 is 11.0 Å². The number of furan rings is 1. The molecule has 0 amide bonds. The summed E-state index contributed by atoms with van der Waals surface area (Å²) in [4.78, 5) is 0. The molecule has 0 aliphatic rings. The third kappa shape index (κ3) is 1.89. The number of hydrogen-bond donors (Lipinski definition) is 2. The Morgan fingerprint density at radius 3 is 3.00 bits per heavy atom. The molecule has 0 spiro atoms. The van der Waals surface area contributed by atoms with Gasteiger partial charge >= 0.3 is 0 Å². The molecule has 0 radical (unpaired) electrons. The summed E-state index contributed by atoms with van der Waals surface area (Å²) in [6.45, 7) is 2.56. The van der Waals surface area contributed by atoms with Gasteiger partial charge in [-0.2, -0.15) is 0 Å². The Balaban J connectivity index is 2.41. The van der Waals surface area contributed by atoms with Crippen LogP contribution in [0.25, 0.3) is 11.0 Å². The minimum Gasteiger partial charge on any atom is -0.464 e. The number of likely N-dealkylation sites (N-methyl/N-ethyl adjacent to an activating group) is 1. The fourth-order valence-corrected chi connectivity index (χ4v) is 1.69. The Morgan fingerprint density at radius 2 is 2.27 bits per heavy atom. The van der Waals surface area contributed by atoms with Crippen molar-refractivity contribution in [3.63, 3.8) is 0 Å². The molecule has 1 aromatic heterocycles. The summed E-state index contributed by atoms with van der Waals surface area (Å²) >= 11 is 0. The summed E-state index contributed by atoms with van der Waals surface area (Å²) in [7, 11) is 1.82.